The Bertz CT molecular complexity index is 607. The van der Waals surface area contributed by atoms with Crippen LogP contribution in [0.2, 0.25) is 0 Å². The molecule has 1 rings (SSSR count). The first-order valence-corrected chi connectivity index (χ1v) is 6.52. The second-order valence-corrected chi connectivity index (χ2v) is 6.13. The Morgan fingerprint density at radius 2 is 1.50 bits per heavy atom. The third kappa shape index (κ3) is 1.68. The van der Waals surface area contributed by atoms with E-state index < -0.39 is 32.3 Å². The molecule has 0 spiro atoms. The van der Waals surface area contributed by atoms with Crippen LogP contribution in [0.15, 0.2) is 13.2 Å². The Hall–Kier alpha value is -2.18. The van der Waals surface area contributed by atoms with Gasteiger partial charge in [-0.15, -0.1) is 6.42 Å². The summed E-state index contributed by atoms with van der Waals surface area (Å²) >= 11 is 0. The molecule has 6 heteroatoms. The van der Waals surface area contributed by atoms with E-state index in [2.05, 4.69) is 28.5 Å². The number of barbiturate groups is 1. The zero-order valence-corrected chi connectivity index (χ0v) is 10.9. The van der Waals surface area contributed by atoms with E-state index in [0.717, 1.165) is 9.80 Å². The van der Waals surface area contributed by atoms with Crippen molar-refractivity contribution in [2.75, 3.05) is 14.1 Å². The molecule has 0 saturated carbocycles. The van der Waals surface area contributed by atoms with Gasteiger partial charge in [0.05, 0.1) is 0 Å². The summed E-state index contributed by atoms with van der Waals surface area (Å²) in [7, 11) is 0.0417. The Balaban J connectivity index is 3.62. The highest BCUT2D eigenvalue weighted by molar-refractivity contribution is 8.33. The number of nitrogens with zero attached hydrogens (tertiary/aromatic N) is 2. The van der Waals surface area contributed by atoms with Gasteiger partial charge in [0.2, 0.25) is 0 Å². The van der Waals surface area contributed by atoms with E-state index in [1.165, 1.54) is 14.1 Å². The number of hydrogen-bond acceptors (Lipinski definition) is 3. The van der Waals surface area contributed by atoms with Crippen LogP contribution in [-0.2, 0) is 9.59 Å². The fraction of sp³-hybridized carbons (Fsp3) is 0.250. The van der Waals surface area contributed by atoms with Crippen molar-refractivity contribution in [2.45, 2.75) is 5.25 Å². The van der Waals surface area contributed by atoms with Crippen LogP contribution in [0.1, 0.15) is 0 Å². The molecule has 1 saturated heterocycles. The summed E-state index contributed by atoms with van der Waals surface area (Å²) in [6.07, 6.45) is 5.37. The highest BCUT2D eigenvalue weighted by atomic mass is 32.2. The number of carbonyl (C=O) groups is 3. The minimum absolute atomic E-state index is 0.677. The highest BCUT2D eigenvalue weighted by Gasteiger charge is 2.45. The number of terminal acetylenes is 1. The minimum Gasteiger partial charge on any atom is -0.272 e. The molecule has 0 radical (unpaired) electrons. The first-order chi connectivity index (χ1) is 8.36. The molecule has 0 aromatic heterocycles. The predicted octanol–water partition coefficient (Wildman–Crippen LogP) is -0.0251. The van der Waals surface area contributed by atoms with Crippen LogP contribution in [0, 0.1) is 11.7 Å². The maximum atomic E-state index is 12.1. The summed E-state index contributed by atoms with van der Waals surface area (Å²) < 4.78 is 0. The Morgan fingerprint density at radius 1 is 1.11 bits per heavy atom. The first kappa shape index (κ1) is 13.9. The van der Waals surface area contributed by atoms with Crippen LogP contribution < -0.4 is 0 Å². The van der Waals surface area contributed by atoms with Crippen molar-refractivity contribution in [3.8, 4) is 11.7 Å². The van der Waals surface area contributed by atoms with Crippen molar-refractivity contribution in [3.63, 3.8) is 0 Å². The summed E-state index contributed by atoms with van der Waals surface area (Å²) in [5, 5.41) is 6.14. The molecule has 18 heavy (non-hydrogen) atoms. The van der Waals surface area contributed by atoms with Gasteiger partial charge in [0, 0.05) is 14.1 Å². The van der Waals surface area contributed by atoms with Crippen molar-refractivity contribution in [1.82, 2.24) is 9.80 Å². The van der Waals surface area contributed by atoms with Gasteiger partial charge in [0.1, 0.15) is 0 Å². The molecule has 0 aromatic carbocycles. The third-order valence-corrected chi connectivity index (χ3v) is 5.07. The number of carbonyl (C=O) groups excluding carboxylic acids is 3. The topological polar surface area (TPSA) is 57.7 Å². The minimum atomic E-state index is -2.53. The van der Waals surface area contributed by atoms with Crippen molar-refractivity contribution in [1.29, 1.82) is 0 Å². The maximum absolute atomic E-state index is 12.1. The molecule has 4 amide bonds. The smallest absolute Gasteiger partial charge is 0.272 e. The number of urea groups is 1. The Labute approximate surface area is 106 Å². The molecule has 0 aliphatic carbocycles. The lowest BCUT2D eigenvalue weighted by atomic mass is 10.3. The van der Waals surface area contributed by atoms with E-state index in [9.17, 15) is 14.4 Å². The van der Waals surface area contributed by atoms with Gasteiger partial charge in [-0.1, -0.05) is 10.0 Å². The average Bonchev–Trinajstić information content (AvgIpc) is 2.39. The van der Waals surface area contributed by atoms with Crippen molar-refractivity contribution in [2.24, 2.45) is 0 Å². The monoisotopic (exact) mass is 264 g/mol. The van der Waals surface area contributed by atoms with Crippen LogP contribution >= 0.6 is 9.21 Å². The summed E-state index contributed by atoms with van der Waals surface area (Å²) in [6.45, 7) is 6.86. The summed E-state index contributed by atoms with van der Waals surface area (Å²) in [5.41, 5.74) is 0. The number of imide groups is 2. The fourth-order valence-corrected chi connectivity index (χ4v) is 3.20. The Morgan fingerprint density at radius 3 is 1.78 bits per heavy atom. The molecule has 1 aliphatic heterocycles. The van der Waals surface area contributed by atoms with E-state index in [0.29, 0.717) is 0 Å². The highest BCUT2D eigenvalue weighted by Crippen LogP contribution is 2.31. The van der Waals surface area contributed by atoms with Gasteiger partial charge in [0.15, 0.2) is 5.25 Å². The van der Waals surface area contributed by atoms with Crippen LogP contribution in [-0.4, -0.2) is 57.0 Å². The van der Waals surface area contributed by atoms with E-state index in [1.54, 1.807) is 0 Å². The summed E-state index contributed by atoms with van der Waals surface area (Å²) in [5.74, 6) is -1.35. The molecule has 5 nitrogen and oxygen atoms in total. The van der Waals surface area contributed by atoms with E-state index in [4.69, 9.17) is 6.42 Å². The molecular weight excluding hydrogens is 252 g/mol. The van der Waals surface area contributed by atoms with Gasteiger partial charge in [0.25, 0.3) is 11.8 Å². The zero-order chi connectivity index (χ0) is 14.1. The van der Waals surface area contributed by atoms with E-state index in [-0.39, 0.29) is 0 Å². The van der Waals surface area contributed by atoms with Crippen molar-refractivity contribution in [3.05, 3.63) is 13.2 Å². The Kier molecular flexibility index (Phi) is 3.54. The maximum Gasteiger partial charge on any atom is 0.332 e. The second-order valence-electron chi connectivity index (χ2n) is 3.52. The molecule has 0 bridgehead atoms. The van der Waals surface area contributed by atoms with E-state index in [1.807, 2.05) is 0 Å². The summed E-state index contributed by atoms with van der Waals surface area (Å²) in [4.78, 5) is 37.4. The van der Waals surface area contributed by atoms with Crippen LogP contribution in [0.3, 0.4) is 0 Å². The molecule has 1 fully saturated rings. The third-order valence-electron chi connectivity index (χ3n) is 2.68. The van der Waals surface area contributed by atoms with Gasteiger partial charge >= 0.3 is 6.03 Å². The molecule has 1 aliphatic rings. The number of rotatable bonds is 1. The molecule has 0 atom stereocenters. The van der Waals surface area contributed by atoms with E-state index >= 15 is 0 Å². The number of amides is 4. The zero-order valence-electron chi connectivity index (χ0n) is 10.1. The molecule has 1 heterocycles. The summed E-state index contributed by atoms with van der Waals surface area (Å²) in [6, 6.07) is -0.695. The van der Waals surface area contributed by atoms with Gasteiger partial charge in [-0.2, -0.15) is 0 Å². The second kappa shape index (κ2) is 4.59. The largest absolute Gasteiger partial charge is 0.332 e. The molecule has 94 valence electrons. The quantitative estimate of drug-likeness (QED) is 0.380. The standard InChI is InChI=1S/C12H12N2O3S/c1-6-18(7-2,8-3)9-10(15)13(4)12(17)14(5)11(9)16/h1,9H,2-3H2,4-5H3. The van der Waals surface area contributed by atoms with Crippen LogP contribution in [0.4, 0.5) is 4.79 Å². The molecular formula is C12H12N2O3S. The average molecular weight is 264 g/mol. The SMILES string of the molecule is C#CS(=C=C)(=C=C)C1C(=O)N(C)C(=O)N(C)C1=O. The lowest BCUT2D eigenvalue weighted by Crippen LogP contribution is -2.59. The van der Waals surface area contributed by atoms with Gasteiger partial charge in [-0.05, 0) is 27.6 Å². The lowest BCUT2D eigenvalue weighted by Gasteiger charge is -2.33. The van der Waals surface area contributed by atoms with Crippen molar-refractivity contribution >= 4 is 37.1 Å². The molecule has 0 aromatic rings. The molecule has 0 N–H and O–H groups in total. The first-order valence-electron chi connectivity index (χ1n) is 4.82. The lowest BCUT2D eigenvalue weighted by molar-refractivity contribution is -0.139. The van der Waals surface area contributed by atoms with Gasteiger partial charge < -0.3 is 0 Å². The van der Waals surface area contributed by atoms with Crippen LogP contribution in [0.5, 0.6) is 0 Å². The fourth-order valence-electron chi connectivity index (χ4n) is 1.54. The van der Waals surface area contributed by atoms with Crippen molar-refractivity contribution < 1.29 is 14.4 Å². The number of hydrogen-bond donors (Lipinski definition) is 0. The normalized spacial score (nSPS) is 17.3. The van der Waals surface area contributed by atoms with Gasteiger partial charge in [-0.25, -0.2) is 4.79 Å². The predicted molar refractivity (Wildman–Crippen MR) is 72.4 cm³/mol. The van der Waals surface area contributed by atoms with Crippen LogP contribution in [0.25, 0.3) is 0 Å². The van der Waals surface area contributed by atoms with Gasteiger partial charge in [-0.3, -0.25) is 19.4 Å². The molecule has 0 unspecified atom stereocenters.